The van der Waals surface area contributed by atoms with Gasteiger partial charge >= 0.3 is 11.7 Å². The molecule has 0 unspecified atom stereocenters. The van der Waals surface area contributed by atoms with Crippen LogP contribution in [-0.4, -0.2) is 28.1 Å². The number of halogens is 1. The minimum absolute atomic E-state index is 0.184. The predicted octanol–water partition coefficient (Wildman–Crippen LogP) is 3.86. The van der Waals surface area contributed by atoms with Crippen LogP contribution in [0.15, 0.2) is 64.2 Å². The zero-order chi connectivity index (χ0) is 24.4. The third-order valence-electron chi connectivity index (χ3n) is 5.19. The van der Waals surface area contributed by atoms with Crippen LogP contribution in [0.2, 0.25) is 5.02 Å². The molecule has 2 heterocycles. The second-order valence-corrected chi connectivity index (χ2v) is 8.91. The predicted molar refractivity (Wildman–Crippen MR) is 132 cm³/mol. The molecular formula is C24H20ClN3O5S. The summed E-state index contributed by atoms with van der Waals surface area (Å²) >= 11 is 7.38. The number of nitrogens with one attached hydrogen (secondary N) is 1. The monoisotopic (exact) mass is 497 g/mol. The van der Waals surface area contributed by atoms with Gasteiger partial charge < -0.3 is 10.1 Å². The number of amides is 1. The van der Waals surface area contributed by atoms with E-state index in [2.05, 4.69) is 5.32 Å². The summed E-state index contributed by atoms with van der Waals surface area (Å²) in [4.78, 5) is 53.0. The Morgan fingerprint density at radius 2 is 1.85 bits per heavy atom. The van der Waals surface area contributed by atoms with Crippen LogP contribution in [0.1, 0.15) is 22.2 Å². The molecule has 0 atom stereocenters. The van der Waals surface area contributed by atoms with E-state index < -0.39 is 23.1 Å². The maximum Gasteiger partial charge on any atom is 0.339 e. The van der Waals surface area contributed by atoms with Crippen molar-refractivity contribution in [2.75, 3.05) is 12.4 Å². The molecule has 1 N–H and O–H groups in total. The smallest absolute Gasteiger partial charge is 0.339 e. The molecule has 174 valence electrons. The second-order valence-electron chi connectivity index (χ2n) is 7.36. The van der Waals surface area contributed by atoms with E-state index >= 15 is 0 Å². The summed E-state index contributed by atoms with van der Waals surface area (Å²) in [5.41, 5.74) is -0.401. The molecule has 0 saturated heterocycles. The summed E-state index contributed by atoms with van der Waals surface area (Å²) < 4.78 is 7.04. The highest BCUT2D eigenvalue weighted by Gasteiger charge is 2.20. The number of esters is 1. The zero-order valence-corrected chi connectivity index (χ0v) is 19.9. The van der Waals surface area contributed by atoms with Crippen molar-refractivity contribution < 1.29 is 14.3 Å². The molecule has 0 saturated carbocycles. The number of benzene rings is 2. The van der Waals surface area contributed by atoms with Crippen molar-refractivity contribution in [1.29, 1.82) is 0 Å². The van der Waals surface area contributed by atoms with E-state index in [1.807, 2.05) is 6.92 Å². The van der Waals surface area contributed by atoms with Crippen molar-refractivity contribution in [3.63, 3.8) is 0 Å². The number of methoxy groups -OCH3 is 1. The maximum atomic E-state index is 13.5. The van der Waals surface area contributed by atoms with Crippen LogP contribution in [0.5, 0.6) is 0 Å². The van der Waals surface area contributed by atoms with Crippen molar-refractivity contribution in [3.05, 3.63) is 90.9 Å². The Bertz CT molecular complexity index is 1540. The number of carbonyl (C=O) groups is 2. The lowest BCUT2D eigenvalue weighted by Gasteiger charge is -2.13. The summed E-state index contributed by atoms with van der Waals surface area (Å²) in [5.74, 6) is -1.14. The molecule has 10 heteroatoms. The lowest BCUT2D eigenvalue weighted by atomic mass is 10.2. The number of rotatable bonds is 6. The third kappa shape index (κ3) is 4.40. The van der Waals surface area contributed by atoms with Crippen molar-refractivity contribution in [3.8, 4) is 5.69 Å². The number of hydrogen-bond donors (Lipinski definition) is 1. The van der Waals surface area contributed by atoms with E-state index in [1.165, 1.54) is 35.1 Å². The minimum atomic E-state index is -0.666. The third-order valence-corrected chi connectivity index (χ3v) is 6.72. The van der Waals surface area contributed by atoms with E-state index in [9.17, 15) is 19.2 Å². The quantitative estimate of drug-likeness (QED) is 0.408. The lowest BCUT2D eigenvalue weighted by molar-refractivity contribution is -0.116. The molecule has 2 aromatic carbocycles. The highest BCUT2D eigenvalue weighted by molar-refractivity contribution is 7.18. The van der Waals surface area contributed by atoms with Gasteiger partial charge in [-0.2, -0.15) is 0 Å². The average Bonchev–Trinajstić information content (AvgIpc) is 3.27. The lowest BCUT2D eigenvalue weighted by Crippen LogP contribution is -2.40. The first kappa shape index (κ1) is 23.5. The molecule has 2 aromatic heterocycles. The van der Waals surface area contributed by atoms with E-state index in [0.29, 0.717) is 27.3 Å². The van der Waals surface area contributed by atoms with E-state index in [4.69, 9.17) is 16.3 Å². The molecule has 8 nitrogen and oxygen atoms in total. The first-order valence-electron chi connectivity index (χ1n) is 10.4. The van der Waals surface area contributed by atoms with Crippen LogP contribution in [0.3, 0.4) is 0 Å². The van der Waals surface area contributed by atoms with Gasteiger partial charge in [-0.1, -0.05) is 36.7 Å². The van der Waals surface area contributed by atoms with E-state index in [0.717, 1.165) is 9.44 Å². The van der Waals surface area contributed by atoms with Crippen molar-refractivity contribution in [2.24, 2.45) is 0 Å². The Labute approximate surface area is 203 Å². The Kier molecular flexibility index (Phi) is 6.67. The number of fused-ring (bicyclic) bond motifs is 1. The number of carbonyl (C=O) groups excluding carboxylic acids is 2. The zero-order valence-electron chi connectivity index (χ0n) is 18.3. The number of thiophene rings is 1. The maximum absolute atomic E-state index is 13.5. The van der Waals surface area contributed by atoms with Gasteiger partial charge in [0, 0.05) is 9.90 Å². The molecule has 0 spiro atoms. The first-order chi connectivity index (χ1) is 16.3. The summed E-state index contributed by atoms with van der Waals surface area (Å²) in [6, 6.07) is 14.5. The van der Waals surface area contributed by atoms with Crippen LogP contribution >= 0.6 is 22.9 Å². The van der Waals surface area contributed by atoms with Gasteiger partial charge in [-0.05, 0) is 42.8 Å². The molecular weight excluding hydrogens is 478 g/mol. The van der Waals surface area contributed by atoms with Gasteiger partial charge in [-0.15, -0.1) is 11.3 Å². The van der Waals surface area contributed by atoms with Crippen LogP contribution in [0, 0.1) is 0 Å². The van der Waals surface area contributed by atoms with Crippen LogP contribution in [0.4, 0.5) is 5.69 Å². The molecule has 0 radical (unpaired) electrons. The number of hydrogen-bond acceptors (Lipinski definition) is 6. The fourth-order valence-electron chi connectivity index (χ4n) is 3.57. The molecule has 0 fully saturated rings. The molecule has 0 aliphatic rings. The Morgan fingerprint density at radius 1 is 1.09 bits per heavy atom. The topological polar surface area (TPSA) is 99.4 Å². The van der Waals surface area contributed by atoms with Gasteiger partial charge in [0.25, 0.3) is 5.56 Å². The van der Waals surface area contributed by atoms with Gasteiger partial charge in [0.2, 0.25) is 5.91 Å². The normalized spacial score (nSPS) is 10.9. The van der Waals surface area contributed by atoms with Crippen LogP contribution < -0.4 is 16.6 Å². The first-order valence-corrected chi connectivity index (χ1v) is 11.5. The number of aryl methyl sites for hydroxylation is 1. The second kappa shape index (κ2) is 9.66. The summed E-state index contributed by atoms with van der Waals surface area (Å²) in [6.45, 7) is 1.58. The molecule has 0 bridgehead atoms. The molecule has 4 aromatic rings. The van der Waals surface area contributed by atoms with Crippen LogP contribution in [0.25, 0.3) is 15.9 Å². The van der Waals surface area contributed by atoms with Gasteiger partial charge in [0.15, 0.2) is 0 Å². The number of para-hydroxylation sites is 1. The van der Waals surface area contributed by atoms with E-state index in [1.54, 1.807) is 42.5 Å². The molecule has 4 rings (SSSR count). The number of aromatic nitrogens is 2. The van der Waals surface area contributed by atoms with E-state index in [-0.39, 0.29) is 17.8 Å². The molecule has 1 amide bonds. The fourth-order valence-corrected chi connectivity index (χ4v) is 4.83. The highest BCUT2D eigenvalue weighted by Crippen LogP contribution is 2.24. The highest BCUT2D eigenvalue weighted by atomic mass is 35.5. The molecule has 34 heavy (non-hydrogen) atoms. The Hall–Kier alpha value is -3.69. The van der Waals surface area contributed by atoms with Crippen molar-refractivity contribution >= 4 is 50.7 Å². The van der Waals surface area contributed by atoms with Crippen molar-refractivity contribution in [2.45, 2.75) is 19.9 Å². The fraction of sp³-hybridized carbons (Fsp3) is 0.167. The summed E-state index contributed by atoms with van der Waals surface area (Å²) in [7, 11) is 1.25. The minimum Gasteiger partial charge on any atom is -0.465 e. The largest absolute Gasteiger partial charge is 0.465 e. The standard InChI is InChI=1S/C24H20ClN3O5S/c1-3-16-12-18-21(30)28(15-8-6-7-14(25)11-15)24(32)27(22(18)34-16)13-20(29)26-19-10-5-4-9-17(19)23(31)33-2/h4-12H,3,13H2,1-2H3,(H,26,29). The summed E-state index contributed by atoms with van der Waals surface area (Å²) in [5, 5.41) is 3.37. The van der Waals surface area contributed by atoms with Gasteiger partial charge in [-0.25, -0.2) is 14.2 Å². The molecule has 0 aliphatic heterocycles. The number of ether oxygens (including phenoxy) is 1. The van der Waals surface area contributed by atoms with Gasteiger partial charge in [-0.3, -0.25) is 14.2 Å². The number of anilines is 1. The Balaban J connectivity index is 1.82. The SMILES string of the molecule is CCc1cc2c(=O)n(-c3cccc(Cl)c3)c(=O)n(CC(=O)Nc3ccccc3C(=O)OC)c2s1. The average molecular weight is 498 g/mol. The van der Waals surface area contributed by atoms with Crippen LogP contribution in [-0.2, 0) is 22.5 Å². The number of nitrogens with zero attached hydrogens (tertiary/aromatic N) is 2. The van der Waals surface area contributed by atoms with Crippen molar-refractivity contribution in [1.82, 2.24) is 9.13 Å². The molecule has 0 aliphatic carbocycles. The van der Waals surface area contributed by atoms with Gasteiger partial charge in [0.1, 0.15) is 11.4 Å². The summed E-state index contributed by atoms with van der Waals surface area (Å²) in [6.07, 6.45) is 0.669. The van der Waals surface area contributed by atoms with Gasteiger partial charge in [0.05, 0.1) is 29.4 Å². The Morgan fingerprint density at radius 3 is 2.56 bits per heavy atom.